The summed E-state index contributed by atoms with van der Waals surface area (Å²) in [6.45, 7) is 4.01. The van der Waals surface area contributed by atoms with E-state index in [1.165, 1.54) is 0 Å². The van der Waals surface area contributed by atoms with Gasteiger partial charge in [-0.05, 0) is 24.7 Å². The van der Waals surface area contributed by atoms with Crippen LogP contribution in [0.1, 0.15) is 39.5 Å². The zero-order valence-electron chi connectivity index (χ0n) is 8.29. The second-order valence-electron chi connectivity index (χ2n) is 4.46. The van der Waals surface area contributed by atoms with Crippen LogP contribution in [0.5, 0.6) is 0 Å². The summed E-state index contributed by atoms with van der Waals surface area (Å²) in [5.74, 6) is -0.344. The molecular weight excluding hydrogens is 168 g/mol. The first-order valence-electron chi connectivity index (χ1n) is 4.88. The first kappa shape index (κ1) is 10.5. The number of aliphatic hydroxyl groups is 1. The van der Waals surface area contributed by atoms with Gasteiger partial charge < -0.3 is 10.2 Å². The Morgan fingerprint density at radius 1 is 1.46 bits per heavy atom. The fourth-order valence-corrected chi connectivity index (χ4v) is 2.22. The van der Waals surface area contributed by atoms with E-state index in [-0.39, 0.29) is 12.3 Å². The maximum Gasteiger partial charge on any atom is 0.306 e. The SMILES string of the molecule is CC1CCC(C)C(O)(CC(=O)O)C1. The average Bonchev–Trinajstić information content (AvgIpc) is 1.95. The molecule has 1 rings (SSSR count). The van der Waals surface area contributed by atoms with Crippen molar-refractivity contribution in [1.29, 1.82) is 0 Å². The summed E-state index contributed by atoms with van der Waals surface area (Å²) in [5, 5.41) is 18.8. The van der Waals surface area contributed by atoms with Crippen LogP contribution >= 0.6 is 0 Å². The van der Waals surface area contributed by atoms with Gasteiger partial charge in [0.15, 0.2) is 0 Å². The van der Waals surface area contributed by atoms with E-state index in [1.807, 2.05) is 6.92 Å². The molecule has 1 saturated carbocycles. The predicted octanol–water partition coefficient (Wildman–Crippen LogP) is 1.65. The Morgan fingerprint density at radius 2 is 2.08 bits per heavy atom. The maximum absolute atomic E-state index is 10.6. The Morgan fingerprint density at radius 3 is 2.62 bits per heavy atom. The molecule has 76 valence electrons. The number of aliphatic carboxylic acids is 1. The third-order valence-corrected chi connectivity index (χ3v) is 3.17. The van der Waals surface area contributed by atoms with Crippen molar-refractivity contribution in [2.45, 2.75) is 45.1 Å². The van der Waals surface area contributed by atoms with Crippen LogP contribution in [0.4, 0.5) is 0 Å². The number of carbonyl (C=O) groups is 1. The summed E-state index contributed by atoms with van der Waals surface area (Å²) in [6, 6.07) is 0. The van der Waals surface area contributed by atoms with Crippen molar-refractivity contribution < 1.29 is 15.0 Å². The average molecular weight is 186 g/mol. The van der Waals surface area contributed by atoms with Crippen molar-refractivity contribution in [1.82, 2.24) is 0 Å². The van der Waals surface area contributed by atoms with E-state index in [4.69, 9.17) is 5.11 Å². The van der Waals surface area contributed by atoms with Crippen molar-refractivity contribution >= 4 is 5.97 Å². The molecule has 3 unspecified atom stereocenters. The lowest BCUT2D eigenvalue weighted by Gasteiger charge is -2.40. The molecule has 3 heteroatoms. The van der Waals surface area contributed by atoms with Gasteiger partial charge in [-0.2, -0.15) is 0 Å². The third-order valence-electron chi connectivity index (χ3n) is 3.17. The first-order chi connectivity index (χ1) is 5.94. The van der Waals surface area contributed by atoms with Gasteiger partial charge in [-0.15, -0.1) is 0 Å². The van der Waals surface area contributed by atoms with Gasteiger partial charge in [0, 0.05) is 0 Å². The van der Waals surface area contributed by atoms with E-state index in [0.717, 1.165) is 12.8 Å². The van der Waals surface area contributed by atoms with Crippen molar-refractivity contribution in [2.24, 2.45) is 11.8 Å². The highest BCUT2D eigenvalue weighted by atomic mass is 16.4. The molecule has 2 N–H and O–H groups in total. The van der Waals surface area contributed by atoms with E-state index in [1.54, 1.807) is 0 Å². The van der Waals surface area contributed by atoms with Crippen molar-refractivity contribution in [3.8, 4) is 0 Å². The Bertz CT molecular complexity index is 202. The van der Waals surface area contributed by atoms with Crippen LogP contribution in [-0.2, 0) is 4.79 Å². The standard InChI is InChI=1S/C10H18O3/c1-7-3-4-8(2)10(13,5-7)6-9(11)12/h7-8,13H,3-6H2,1-2H3,(H,11,12). The summed E-state index contributed by atoms with van der Waals surface area (Å²) < 4.78 is 0. The van der Waals surface area contributed by atoms with Crippen LogP contribution < -0.4 is 0 Å². The zero-order valence-corrected chi connectivity index (χ0v) is 8.29. The molecule has 1 fully saturated rings. The summed E-state index contributed by atoms with van der Waals surface area (Å²) in [5.41, 5.74) is -0.969. The van der Waals surface area contributed by atoms with Crippen LogP contribution in [-0.4, -0.2) is 21.8 Å². The van der Waals surface area contributed by atoms with Crippen LogP contribution in [0, 0.1) is 11.8 Å². The predicted molar refractivity (Wildman–Crippen MR) is 49.4 cm³/mol. The minimum atomic E-state index is -0.969. The summed E-state index contributed by atoms with van der Waals surface area (Å²) >= 11 is 0. The highest BCUT2D eigenvalue weighted by Gasteiger charge is 2.40. The highest BCUT2D eigenvalue weighted by molar-refractivity contribution is 5.68. The Labute approximate surface area is 78.8 Å². The molecule has 3 nitrogen and oxygen atoms in total. The molecule has 0 amide bonds. The lowest BCUT2D eigenvalue weighted by Crippen LogP contribution is -2.43. The normalized spacial score (nSPS) is 40.2. The quantitative estimate of drug-likeness (QED) is 0.689. The van der Waals surface area contributed by atoms with E-state index < -0.39 is 11.6 Å². The fraction of sp³-hybridized carbons (Fsp3) is 0.900. The summed E-state index contributed by atoms with van der Waals surface area (Å²) in [4.78, 5) is 10.6. The molecule has 1 aliphatic carbocycles. The van der Waals surface area contributed by atoms with Gasteiger partial charge in [-0.25, -0.2) is 0 Å². The third kappa shape index (κ3) is 2.44. The van der Waals surface area contributed by atoms with Gasteiger partial charge in [0.05, 0.1) is 12.0 Å². The van der Waals surface area contributed by atoms with Gasteiger partial charge in [-0.1, -0.05) is 20.3 Å². The van der Waals surface area contributed by atoms with E-state index in [9.17, 15) is 9.90 Å². The van der Waals surface area contributed by atoms with Gasteiger partial charge in [0.25, 0.3) is 0 Å². The Hall–Kier alpha value is -0.570. The topological polar surface area (TPSA) is 57.5 Å². The summed E-state index contributed by atoms with van der Waals surface area (Å²) in [6.07, 6.45) is 2.55. The van der Waals surface area contributed by atoms with Crippen LogP contribution in [0.15, 0.2) is 0 Å². The van der Waals surface area contributed by atoms with Crippen LogP contribution in [0.3, 0.4) is 0 Å². The lowest BCUT2D eigenvalue weighted by atomic mass is 9.70. The summed E-state index contributed by atoms with van der Waals surface area (Å²) in [7, 11) is 0. The minimum absolute atomic E-state index is 0.111. The zero-order chi connectivity index (χ0) is 10.1. The molecule has 0 aromatic carbocycles. The minimum Gasteiger partial charge on any atom is -0.481 e. The van der Waals surface area contributed by atoms with Gasteiger partial charge in [0.2, 0.25) is 0 Å². The molecule has 1 aliphatic rings. The maximum atomic E-state index is 10.6. The number of carboxylic acids is 1. The number of carboxylic acid groups (broad SMARTS) is 1. The molecular formula is C10H18O3. The highest BCUT2D eigenvalue weighted by Crippen LogP contribution is 2.38. The van der Waals surface area contributed by atoms with Crippen LogP contribution in [0.2, 0.25) is 0 Å². The second-order valence-corrected chi connectivity index (χ2v) is 4.46. The van der Waals surface area contributed by atoms with Crippen molar-refractivity contribution in [3.63, 3.8) is 0 Å². The largest absolute Gasteiger partial charge is 0.481 e. The van der Waals surface area contributed by atoms with Gasteiger partial charge >= 0.3 is 5.97 Å². The lowest BCUT2D eigenvalue weighted by molar-refractivity contribution is -0.148. The van der Waals surface area contributed by atoms with Crippen molar-refractivity contribution in [2.75, 3.05) is 0 Å². The molecule has 13 heavy (non-hydrogen) atoms. The molecule has 0 heterocycles. The molecule has 0 spiro atoms. The van der Waals surface area contributed by atoms with Crippen molar-refractivity contribution in [3.05, 3.63) is 0 Å². The number of rotatable bonds is 2. The number of hydrogen-bond donors (Lipinski definition) is 2. The first-order valence-corrected chi connectivity index (χ1v) is 4.88. The molecule has 0 saturated heterocycles. The van der Waals surface area contributed by atoms with Gasteiger partial charge in [0.1, 0.15) is 0 Å². The monoisotopic (exact) mass is 186 g/mol. The van der Waals surface area contributed by atoms with E-state index in [2.05, 4.69) is 6.92 Å². The Balaban J connectivity index is 2.66. The smallest absolute Gasteiger partial charge is 0.306 e. The Kier molecular flexibility index (Phi) is 2.96. The molecule has 0 radical (unpaired) electrons. The van der Waals surface area contributed by atoms with E-state index >= 15 is 0 Å². The molecule has 0 aromatic heterocycles. The fourth-order valence-electron chi connectivity index (χ4n) is 2.22. The molecule has 0 aliphatic heterocycles. The molecule has 0 bridgehead atoms. The van der Waals surface area contributed by atoms with E-state index in [0.29, 0.717) is 12.3 Å². The second kappa shape index (κ2) is 3.66. The van der Waals surface area contributed by atoms with Crippen LogP contribution in [0.25, 0.3) is 0 Å². The molecule has 0 aromatic rings. The van der Waals surface area contributed by atoms with Gasteiger partial charge in [-0.3, -0.25) is 4.79 Å². The molecule has 3 atom stereocenters. The number of hydrogen-bond acceptors (Lipinski definition) is 2.